The second kappa shape index (κ2) is 8.53. The average molecular weight is 363 g/mol. The first-order chi connectivity index (χ1) is 11.9. The van der Waals surface area contributed by atoms with Crippen molar-refractivity contribution in [3.05, 3.63) is 59.4 Å². The van der Waals surface area contributed by atoms with Crippen LogP contribution in [0.3, 0.4) is 0 Å². The highest BCUT2D eigenvalue weighted by atomic mass is 32.2. The van der Waals surface area contributed by atoms with Crippen LogP contribution in [0.1, 0.15) is 22.8 Å². The van der Waals surface area contributed by atoms with Gasteiger partial charge in [-0.15, -0.1) is 0 Å². The smallest absolute Gasteiger partial charge is 0.339 e. The molecule has 0 fully saturated rings. The maximum atomic E-state index is 13.2. The molecule has 1 unspecified atom stereocenters. The number of ether oxygens (including phenoxy) is 1. The molecule has 0 bridgehead atoms. The molecule has 2 aromatic carbocycles. The maximum absolute atomic E-state index is 13.2. The van der Waals surface area contributed by atoms with E-state index in [0.29, 0.717) is 21.9 Å². The minimum absolute atomic E-state index is 0.164. The molecule has 2 aromatic rings. The quantitative estimate of drug-likeness (QED) is 0.801. The van der Waals surface area contributed by atoms with E-state index >= 15 is 0 Å². The SMILES string of the molecule is CCS(=O)c1ccccc1C(=O)OCC(=O)Nc1cc(F)ccc1C. The van der Waals surface area contributed by atoms with Crippen molar-refractivity contribution in [3.8, 4) is 0 Å². The zero-order valence-corrected chi connectivity index (χ0v) is 14.7. The van der Waals surface area contributed by atoms with Gasteiger partial charge in [-0.05, 0) is 36.8 Å². The van der Waals surface area contributed by atoms with E-state index in [2.05, 4.69) is 5.32 Å². The van der Waals surface area contributed by atoms with Gasteiger partial charge in [0.1, 0.15) is 5.82 Å². The lowest BCUT2D eigenvalue weighted by Gasteiger charge is -2.10. The number of amides is 1. The molecular weight excluding hydrogens is 345 g/mol. The zero-order valence-electron chi connectivity index (χ0n) is 13.9. The third-order valence-electron chi connectivity index (χ3n) is 3.42. The van der Waals surface area contributed by atoms with Crippen molar-refractivity contribution in [2.45, 2.75) is 18.7 Å². The van der Waals surface area contributed by atoms with Crippen LogP contribution in [0.4, 0.5) is 10.1 Å². The van der Waals surface area contributed by atoms with Gasteiger partial charge in [0.2, 0.25) is 0 Å². The Morgan fingerprint density at radius 3 is 2.64 bits per heavy atom. The molecule has 0 saturated carbocycles. The second-order valence-electron chi connectivity index (χ2n) is 5.21. The fourth-order valence-electron chi connectivity index (χ4n) is 2.11. The minimum atomic E-state index is -1.32. The lowest BCUT2D eigenvalue weighted by Crippen LogP contribution is -2.22. The minimum Gasteiger partial charge on any atom is -0.452 e. The Morgan fingerprint density at radius 2 is 1.92 bits per heavy atom. The van der Waals surface area contributed by atoms with Gasteiger partial charge >= 0.3 is 5.97 Å². The number of hydrogen-bond donors (Lipinski definition) is 1. The summed E-state index contributed by atoms with van der Waals surface area (Å²) in [6, 6.07) is 10.4. The van der Waals surface area contributed by atoms with E-state index in [1.807, 2.05) is 0 Å². The summed E-state index contributed by atoms with van der Waals surface area (Å²) in [4.78, 5) is 24.5. The van der Waals surface area contributed by atoms with Crippen LogP contribution in [0.5, 0.6) is 0 Å². The Kier molecular flexibility index (Phi) is 6.41. The van der Waals surface area contributed by atoms with E-state index in [1.165, 1.54) is 24.3 Å². The molecule has 0 saturated heterocycles. The summed E-state index contributed by atoms with van der Waals surface area (Å²) in [5, 5.41) is 2.49. The summed E-state index contributed by atoms with van der Waals surface area (Å²) in [6.45, 7) is 2.94. The topological polar surface area (TPSA) is 72.5 Å². The Labute approximate surface area is 147 Å². The van der Waals surface area contributed by atoms with Crippen molar-refractivity contribution in [2.75, 3.05) is 17.7 Å². The molecule has 0 aliphatic rings. The van der Waals surface area contributed by atoms with Crippen molar-refractivity contribution in [2.24, 2.45) is 0 Å². The van der Waals surface area contributed by atoms with Crippen LogP contribution < -0.4 is 5.32 Å². The van der Waals surface area contributed by atoms with E-state index in [9.17, 15) is 18.2 Å². The molecule has 2 rings (SSSR count). The molecule has 132 valence electrons. The first kappa shape index (κ1) is 18.8. The highest BCUT2D eigenvalue weighted by Gasteiger charge is 2.17. The van der Waals surface area contributed by atoms with E-state index in [4.69, 9.17) is 4.74 Å². The molecule has 0 aromatic heterocycles. The van der Waals surface area contributed by atoms with Crippen LogP contribution in [-0.2, 0) is 20.3 Å². The summed E-state index contributed by atoms with van der Waals surface area (Å²) >= 11 is 0. The van der Waals surface area contributed by atoms with Crippen molar-refractivity contribution in [1.29, 1.82) is 0 Å². The van der Waals surface area contributed by atoms with Gasteiger partial charge in [-0.2, -0.15) is 0 Å². The maximum Gasteiger partial charge on any atom is 0.339 e. The van der Waals surface area contributed by atoms with E-state index < -0.39 is 35.1 Å². The van der Waals surface area contributed by atoms with Gasteiger partial charge in [0.05, 0.1) is 21.3 Å². The monoisotopic (exact) mass is 363 g/mol. The summed E-state index contributed by atoms with van der Waals surface area (Å²) < 4.78 is 30.2. The number of rotatable bonds is 6. The fraction of sp³-hybridized carbons (Fsp3) is 0.222. The lowest BCUT2D eigenvalue weighted by molar-refractivity contribution is -0.119. The van der Waals surface area contributed by atoms with Gasteiger partial charge in [0.25, 0.3) is 5.91 Å². The highest BCUT2D eigenvalue weighted by Crippen LogP contribution is 2.17. The normalized spacial score (nSPS) is 11.6. The molecular formula is C18H18FNO4S. The van der Waals surface area contributed by atoms with Crippen LogP contribution >= 0.6 is 0 Å². The molecule has 0 spiro atoms. The Balaban J connectivity index is 2.02. The number of aryl methyl sites for hydroxylation is 1. The number of hydrogen-bond acceptors (Lipinski definition) is 4. The van der Waals surface area contributed by atoms with Gasteiger partial charge in [-0.1, -0.05) is 25.1 Å². The number of benzene rings is 2. The summed E-state index contributed by atoms with van der Waals surface area (Å²) in [5.41, 5.74) is 1.16. The predicted molar refractivity (Wildman–Crippen MR) is 93.4 cm³/mol. The van der Waals surface area contributed by atoms with Gasteiger partial charge in [-0.3, -0.25) is 9.00 Å². The van der Waals surface area contributed by atoms with Gasteiger partial charge in [0, 0.05) is 11.4 Å². The molecule has 5 nitrogen and oxygen atoms in total. The van der Waals surface area contributed by atoms with Crippen LogP contribution in [0.2, 0.25) is 0 Å². The summed E-state index contributed by atoms with van der Waals surface area (Å²) in [7, 11) is -1.32. The fourth-order valence-corrected chi connectivity index (χ4v) is 3.05. The molecule has 1 atom stereocenters. The third kappa shape index (κ3) is 4.96. The number of nitrogens with one attached hydrogen (secondary N) is 1. The predicted octanol–water partition coefficient (Wildman–Crippen LogP) is 3.06. The van der Waals surface area contributed by atoms with Crippen LogP contribution in [0, 0.1) is 12.7 Å². The largest absolute Gasteiger partial charge is 0.452 e. The molecule has 1 amide bonds. The van der Waals surface area contributed by atoms with E-state index in [1.54, 1.807) is 32.0 Å². The Bertz CT molecular complexity index is 822. The van der Waals surface area contributed by atoms with Gasteiger partial charge in [-0.25, -0.2) is 9.18 Å². The van der Waals surface area contributed by atoms with Crippen LogP contribution in [0.15, 0.2) is 47.4 Å². The summed E-state index contributed by atoms with van der Waals surface area (Å²) in [6.07, 6.45) is 0. The van der Waals surface area contributed by atoms with E-state index in [0.717, 1.165) is 0 Å². The molecule has 0 heterocycles. The number of carbonyl (C=O) groups excluding carboxylic acids is 2. The van der Waals surface area contributed by atoms with Crippen LogP contribution in [-0.4, -0.2) is 28.4 Å². The average Bonchev–Trinajstić information content (AvgIpc) is 2.62. The Hall–Kier alpha value is -2.54. The third-order valence-corrected chi connectivity index (χ3v) is 4.79. The van der Waals surface area contributed by atoms with Crippen molar-refractivity contribution < 1.29 is 22.9 Å². The number of halogens is 1. The van der Waals surface area contributed by atoms with E-state index in [-0.39, 0.29) is 5.56 Å². The molecule has 25 heavy (non-hydrogen) atoms. The molecule has 0 aliphatic heterocycles. The molecule has 0 aliphatic carbocycles. The summed E-state index contributed by atoms with van der Waals surface area (Å²) in [5.74, 6) is -1.43. The number of carbonyl (C=O) groups is 2. The second-order valence-corrected chi connectivity index (χ2v) is 6.92. The first-order valence-corrected chi connectivity index (χ1v) is 8.94. The Morgan fingerprint density at radius 1 is 1.20 bits per heavy atom. The van der Waals surface area contributed by atoms with Gasteiger partial charge in [0.15, 0.2) is 6.61 Å². The van der Waals surface area contributed by atoms with Crippen molar-refractivity contribution in [3.63, 3.8) is 0 Å². The molecule has 0 radical (unpaired) electrons. The van der Waals surface area contributed by atoms with Gasteiger partial charge < -0.3 is 10.1 Å². The first-order valence-electron chi connectivity index (χ1n) is 7.63. The van der Waals surface area contributed by atoms with Crippen LogP contribution in [0.25, 0.3) is 0 Å². The lowest BCUT2D eigenvalue weighted by atomic mass is 10.2. The standard InChI is InChI=1S/C18H18FNO4S/c1-3-25(23)16-7-5-4-6-14(16)18(22)24-11-17(21)20-15-10-13(19)9-8-12(15)2/h4-10H,3,11H2,1-2H3,(H,20,21). The number of esters is 1. The molecule has 1 N–H and O–H groups in total. The zero-order chi connectivity index (χ0) is 18.4. The number of anilines is 1. The highest BCUT2D eigenvalue weighted by molar-refractivity contribution is 7.85. The van der Waals surface area contributed by atoms with Crippen molar-refractivity contribution in [1.82, 2.24) is 0 Å². The van der Waals surface area contributed by atoms with Crippen molar-refractivity contribution >= 4 is 28.4 Å². The molecule has 7 heteroatoms.